The standard InChI is InChI=1S/C20H28O6/c1-9-10-4-5-11-18-8-26-20(25,19(11,14(9)22)15(10)23)16(24)13(18)17(2,3)7-6-12(18)21/h10-13,15-16,21,23-25H,1,4-8H2,2-3H3/t10-,11-,12-,13+,15+,16-,18+,19-,20+/m0/s1. The van der Waals surface area contributed by atoms with Gasteiger partial charge in [0.25, 0.3) is 0 Å². The van der Waals surface area contributed by atoms with Gasteiger partial charge >= 0.3 is 0 Å². The number of ether oxygens (including phenoxy) is 1. The van der Waals surface area contributed by atoms with Crippen LogP contribution in [0.4, 0.5) is 0 Å². The summed E-state index contributed by atoms with van der Waals surface area (Å²) >= 11 is 0. The van der Waals surface area contributed by atoms with Gasteiger partial charge in [0.1, 0.15) is 11.5 Å². The van der Waals surface area contributed by atoms with Crippen LogP contribution in [0.1, 0.15) is 39.5 Å². The molecule has 6 rings (SSSR count). The maximum atomic E-state index is 13.3. The Bertz CT molecular complexity index is 717. The zero-order valence-corrected chi connectivity index (χ0v) is 15.3. The Morgan fingerprint density at radius 1 is 1.12 bits per heavy atom. The number of carbonyl (C=O) groups excluding carboxylic acids is 1. The topological polar surface area (TPSA) is 107 Å². The summed E-state index contributed by atoms with van der Waals surface area (Å²) in [6.07, 6.45) is -0.747. The van der Waals surface area contributed by atoms with Crippen molar-refractivity contribution in [2.24, 2.45) is 34.0 Å². The highest BCUT2D eigenvalue weighted by atomic mass is 16.6. The number of fused-ring (bicyclic) bond motifs is 2. The molecule has 6 fully saturated rings. The van der Waals surface area contributed by atoms with Gasteiger partial charge < -0.3 is 25.2 Å². The minimum absolute atomic E-state index is 0.0966. The first-order chi connectivity index (χ1) is 12.1. The first-order valence-corrected chi connectivity index (χ1v) is 9.71. The van der Waals surface area contributed by atoms with E-state index in [0.717, 1.165) is 6.42 Å². The Morgan fingerprint density at radius 2 is 1.81 bits per heavy atom. The van der Waals surface area contributed by atoms with Gasteiger partial charge in [-0.25, -0.2) is 0 Å². The highest BCUT2D eigenvalue weighted by Crippen LogP contribution is 2.76. The van der Waals surface area contributed by atoms with Crippen molar-refractivity contribution in [3.8, 4) is 0 Å². The van der Waals surface area contributed by atoms with Crippen molar-refractivity contribution in [3.05, 3.63) is 12.2 Å². The summed E-state index contributed by atoms with van der Waals surface area (Å²) < 4.78 is 5.80. The number of ketones is 1. The first kappa shape index (κ1) is 17.3. The summed E-state index contributed by atoms with van der Waals surface area (Å²) in [5.41, 5.74) is -2.49. The van der Waals surface area contributed by atoms with Gasteiger partial charge in [-0.05, 0) is 42.6 Å². The van der Waals surface area contributed by atoms with Gasteiger partial charge in [0.2, 0.25) is 5.79 Å². The van der Waals surface area contributed by atoms with Gasteiger partial charge in [0, 0.05) is 17.3 Å². The van der Waals surface area contributed by atoms with Crippen LogP contribution in [-0.4, -0.2) is 56.9 Å². The van der Waals surface area contributed by atoms with Crippen molar-refractivity contribution in [2.45, 2.75) is 63.6 Å². The monoisotopic (exact) mass is 364 g/mol. The average Bonchev–Trinajstić information content (AvgIpc) is 2.69. The molecule has 2 saturated heterocycles. The lowest BCUT2D eigenvalue weighted by atomic mass is 9.35. The number of rotatable bonds is 0. The van der Waals surface area contributed by atoms with Gasteiger partial charge in [0.05, 0.1) is 18.8 Å². The fourth-order valence-electron chi connectivity index (χ4n) is 7.90. The second-order valence-electron chi connectivity index (χ2n) is 9.97. The van der Waals surface area contributed by atoms with Gasteiger partial charge in [-0.2, -0.15) is 0 Å². The van der Waals surface area contributed by atoms with Gasteiger partial charge in [0.15, 0.2) is 5.78 Å². The fourth-order valence-corrected chi connectivity index (χ4v) is 7.90. The Morgan fingerprint density at radius 3 is 2.50 bits per heavy atom. The van der Waals surface area contributed by atoms with Crippen LogP contribution < -0.4 is 0 Å². The molecular weight excluding hydrogens is 336 g/mol. The molecule has 0 amide bonds. The predicted molar refractivity (Wildman–Crippen MR) is 90.7 cm³/mol. The highest BCUT2D eigenvalue weighted by molar-refractivity contribution is 6.05. The molecule has 2 heterocycles. The molecule has 0 aromatic heterocycles. The molecule has 6 aliphatic rings. The highest BCUT2D eigenvalue weighted by Gasteiger charge is 2.86. The summed E-state index contributed by atoms with van der Waals surface area (Å²) in [6, 6.07) is 0. The lowest BCUT2D eigenvalue weighted by Crippen LogP contribution is -2.85. The molecule has 0 aromatic carbocycles. The minimum Gasteiger partial charge on any atom is -0.392 e. The Hall–Kier alpha value is -0.790. The SMILES string of the molecule is C=C1C(=O)[C@]23[C@H](O)[C@H]1CC[C@H]2[C@@]12CO[C@]3(O)[C@@H](O)[C@@H]1C(C)(C)CC[C@@H]2O. The van der Waals surface area contributed by atoms with Gasteiger partial charge in [-0.3, -0.25) is 4.79 Å². The molecule has 0 aromatic rings. The first-order valence-electron chi connectivity index (χ1n) is 9.71. The van der Waals surface area contributed by atoms with Crippen molar-refractivity contribution in [3.63, 3.8) is 0 Å². The summed E-state index contributed by atoms with van der Waals surface area (Å²) in [7, 11) is 0. The molecule has 4 bridgehead atoms. The van der Waals surface area contributed by atoms with E-state index in [-0.39, 0.29) is 12.0 Å². The lowest BCUT2D eigenvalue weighted by Gasteiger charge is -2.74. The molecule has 26 heavy (non-hydrogen) atoms. The van der Waals surface area contributed by atoms with Crippen LogP contribution in [0.5, 0.6) is 0 Å². The third-order valence-corrected chi connectivity index (χ3v) is 8.88. The zero-order valence-electron chi connectivity index (χ0n) is 15.3. The molecule has 0 unspecified atom stereocenters. The van der Waals surface area contributed by atoms with Crippen LogP contribution in [0.2, 0.25) is 0 Å². The zero-order chi connectivity index (χ0) is 18.9. The van der Waals surface area contributed by atoms with Crippen LogP contribution in [0.15, 0.2) is 12.2 Å². The number of carbonyl (C=O) groups is 1. The van der Waals surface area contributed by atoms with E-state index in [0.29, 0.717) is 24.8 Å². The molecule has 2 spiro atoms. The molecule has 9 atom stereocenters. The second-order valence-corrected chi connectivity index (χ2v) is 9.97. The maximum absolute atomic E-state index is 13.3. The van der Waals surface area contributed by atoms with E-state index in [4.69, 9.17) is 4.74 Å². The summed E-state index contributed by atoms with van der Waals surface area (Å²) in [5, 5.41) is 45.1. The number of hydrogen-bond donors (Lipinski definition) is 4. The molecule has 4 saturated carbocycles. The molecule has 6 nitrogen and oxygen atoms in total. The molecule has 0 radical (unpaired) electrons. The number of aliphatic hydroxyl groups excluding tert-OH is 3. The second kappa shape index (κ2) is 4.61. The van der Waals surface area contributed by atoms with Crippen LogP contribution in [0.3, 0.4) is 0 Å². The van der Waals surface area contributed by atoms with Crippen molar-refractivity contribution >= 4 is 5.78 Å². The summed E-state index contributed by atoms with van der Waals surface area (Å²) in [4.78, 5) is 13.3. The molecule has 4 N–H and O–H groups in total. The van der Waals surface area contributed by atoms with E-state index in [9.17, 15) is 25.2 Å². The van der Waals surface area contributed by atoms with Crippen LogP contribution >= 0.6 is 0 Å². The van der Waals surface area contributed by atoms with Crippen LogP contribution in [0.25, 0.3) is 0 Å². The lowest BCUT2D eigenvalue weighted by molar-refractivity contribution is -0.458. The molecule has 144 valence electrons. The van der Waals surface area contributed by atoms with Crippen molar-refractivity contribution in [2.75, 3.05) is 6.61 Å². The summed E-state index contributed by atoms with van der Waals surface area (Å²) in [6.45, 7) is 8.07. The van der Waals surface area contributed by atoms with E-state index in [1.54, 1.807) is 0 Å². The van der Waals surface area contributed by atoms with E-state index < -0.39 is 58.5 Å². The molecule has 2 aliphatic heterocycles. The van der Waals surface area contributed by atoms with Gasteiger partial charge in [-0.1, -0.05) is 20.4 Å². The number of hydrogen-bond acceptors (Lipinski definition) is 6. The Balaban J connectivity index is 1.81. The number of Topliss-reactive ketones (excluding diaryl/α,β-unsaturated/α-hetero) is 1. The van der Waals surface area contributed by atoms with E-state index in [1.807, 2.05) is 13.8 Å². The van der Waals surface area contributed by atoms with Crippen molar-refractivity contribution < 1.29 is 30.0 Å². The Kier molecular flexibility index (Phi) is 3.07. The third kappa shape index (κ3) is 1.41. The van der Waals surface area contributed by atoms with Crippen molar-refractivity contribution in [1.29, 1.82) is 0 Å². The van der Waals surface area contributed by atoms with Crippen LogP contribution in [0, 0.1) is 34.0 Å². The average molecular weight is 364 g/mol. The molecule has 4 aliphatic carbocycles. The fraction of sp³-hybridized carbons (Fsp3) is 0.850. The Labute approximate surface area is 152 Å². The quantitative estimate of drug-likeness (QED) is 0.463. The van der Waals surface area contributed by atoms with E-state index in [1.165, 1.54) is 0 Å². The maximum Gasteiger partial charge on any atom is 0.208 e. The summed E-state index contributed by atoms with van der Waals surface area (Å²) in [5.74, 6) is -3.80. The van der Waals surface area contributed by atoms with Crippen molar-refractivity contribution in [1.82, 2.24) is 0 Å². The third-order valence-electron chi connectivity index (χ3n) is 8.88. The molecule has 6 heteroatoms. The molecular formula is C20H28O6. The van der Waals surface area contributed by atoms with Crippen LogP contribution in [-0.2, 0) is 9.53 Å². The predicted octanol–water partition coefficient (Wildman–Crippen LogP) is 0.376. The van der Waals surface area contributed by atoms with Gasteiger partial charge in [-0.15, -0.1) is 0 Å². The minimum atomic E-state index is -2.15. The largest absolute Gasteiger partial charge is 0.392 e. The van der Waals surface area contributed by atoms with E-state index >= 15 is 0 Å². The normalized spacial score (nSPS) is 59.9. The number of aliphatic hydroxyl groups is 4. The van der Waals surface area contributed by atoms with E-state index in [2.05, 4.69) is 6.58 Å². The smallest absolute Gasteiger partial charge is 0.208 e.